The molecule has 0 radical (unpaired) electrons. The minimum Gasteiger partial charge on any atom is -0.404 e. The van der Waals surface area contributed by atoms with Crippen molar-refractivity contribution >= 4 is 17.5 Å². The molecule has 0 aliphatic carbocycles. The van der Waals surface area contributed by atoms with E-state index in [0.717, 1.165) is 12.1 Å². The van der Waals surface area contributed by atoms with Crippen LogP contribution in [0.4, 0.5) is 18.9 Å². The zero-order valence-electron chi connectivity index (χ0n) is 8.75. The summed E-state index contributed by atoms with van der Waals surface area (Å²) in [5, 5.41) is 1.93. The van der Waals surface area contributed by atoms with Crippen molar-refractivity contribution in [3.8, 4) is 5.75 Å². The zero-order chi connectivity index (χ0) is 13.8. The summed E-state index contributed by atoms with van der Waals surface area (Å²) in [4.78, 5) is 21.9. The number of halogens is 3. The lowest BCUT2D eigenvalue weighted by atomic mass is 10.3. The van der Waals surface area contributed by atoms with Crippen molar-refractivity contribution in [1.29, 1.82) is 0 Å². The number of anilines is 1. The second kappa shape index (κ2) is 5.36. The quantitative estimate of drug-likeness (QED) is 0.314. The molecule has 0 unspecified atom stereocenters. The number of para-hydroxylation sites is 2. The van der Waals surface area contributed by atoms with Crippen molar-refractivity contribution < 1.29 is 27.5 Å². The maximum atomic E-state index is 12.0. The monoisotopic (exact) mass is 263 g/mol. The largest absolute Gasteiger partial charge is 0.573 e. The van der Waals surface area contributed by atoms with Crippen LogP contribution in [-0.2, 0) is 9.59 Å². The number of rotatable bonds is 2. The predicted molar refractivity (Wildman–Crippen MR) is 54.1 cm³/mol. The van der Waals surface area contributed by atoms with Crippen molar-refractivity contribution in [3.05, 3.63) is 24.3 Å². The van der Waals surface area contributed by atoms with Crippen molar-refractivity contribution in [3.63, 3.8) is 0 Å². The van der Waals surface area contributed by atoms with E-state index in [-0.39, 0.29) is 5.69 Å². The standard InChI is InChI=1S/C9H8F3N3O3/c10-9(11,12)18-6-4-2-1-3-5(6)14-7(16)8(17)15-13/h1-4H,13H2,(H,14,16)(H,15,17). The first-order valence-corrected chi connectivity index (χ1v) is 4.50. The highest BCUT2D eigenvalue weighted by Crippen LogP contribution is 2.29. The number of amides is 2. The minimum atomic E-state index is -4.91. The van der Waals surface area contributed by atoms with Gasteiger partial charge in [0.05, 0.1) is 5.69 Å². The molecule has 2 amide bonds. The zero-order valence-corrected chi connectivity index (χ0v) is 8.75. The van der Waals surface area contributed by atoms with Gasteiger partial charge in [-0.2, -0.15) is 0 Å². The van der Waals surface area contributed by atoms with Gasteiger partial charge in [0, 0.05) is 0 Å². The lowest BCUT2D eigenvalue weighted by Gasteiger charge is -2.13. The van der Waals surface area contributed by atoms with Crippen LogP contribution < -0.4 is 21.3 Å². The van der Waals surface area contributed by atoms with Crippen molar-refractivity contribution in [1.82, 2.24) is 5.43 Å². The average molecular weight is 263 g/mol. The van der Waals surface area contributed by atoms with Crippen molar-refractivity contribution in [2.24, 2.45) is 5.84 Å². The number of nitrogens with one attached hydrogen (secondary N) is 2. The van der Waals surface area contributed by atoms with Crippen LogP contribution in [0.2, 0.25) is 0 Å². The fourth-order valence-corrected chi connectivity index (χ4v) is 1.03. The van der Waals surface area contributed by atoms with Gasteiger partial charge in [-0.15, -0.1) is 13.2 Å². The summed E-state index contributed by atoms with van der Waals surface area (Å²) in [6.45, 7) is 0. The highest BCUT2D eigenvalue weighted by molar-refractivity contribution is 6.39. The third-order valence-corrected chi connectivity index (χ3v) is 1.70. The third-order valence-electron chi connectivity index (χ3n) is 1.70. The van der Waals surface area contributed by atoms with Gasteiger partial charge in [0.1, 0.15) is 0 Å². The molecule has 0 saturated heterocycles. The van der Waals surface area contributed by atoms with Crippen LogP contribution in [0.5, 0.6) is 5.75 Å². The molecule has 9 heteroatoms. The summed E-state index contributed by atoms with van der Waals surface area (Å²) < 4.78 is 39.8. The van der Waals surface area contributed by atoms with Crippen LogP contribution in [0.15, 0.2) is 24.3 Å². The van der Waals surface area contributed by atoms with Crippen LogP contribution in [0.25, 0.3) is 0 Å². The fraction of sp³-hybridized carbons (Fsp3) is 0.111. The predicted octanol–water partition coefficient (Wildman–Crippen LogP) is 0.514. The Morgan fingerprint density at radius 1 is 1.17 bits per heavy atom. The van der Waals surface area contributed by atoms with Crippen molar-refractivity contribution in [2.75, 3.05) is 5.32 Å². The molecule has 1 aromatic rings. The molecule has 0 aliphatic heterocycles. The first kappa shape index (κ1) is 13.8. The minimum absolute atomic E-state index is 0.302. The Hall–Kier alpha value is -2.29. The number of ether oxygens (including phenoxy) is 1. The Morgan fingerprint density at radius 3 is 2.33 bits per heavy atom. The second-order valence-electron chi connectivity index (χ2n) is 2.97. The van der Waals surface area contributed by atoms with E-state index in [1.54, 1.807) is 0 Å². The molecule has 98 valence electrons. The summed E-state index contributed by atoms with van der Waals surface area (Å²) in [5.74, 6) is 1.65. The van der Waals surface area contributed by atoms with E-state index in [4.69, 9.17) is 5.84 Å². The number of hydrogen-bond donors (Lipinski definition) is 3. The van der Waals surface area contributed by atoms with Gasteiger partial charge >= 0.3 is 18.2 Å². The summed E-state index contributed by atoms with van der Waals surface area (Å²) in [5.41, 5.74) is 1.24. The van der Waals surface area contributed by atoms with Crippen LogP contribution in [-0.4, -0.2) is 18.2 Å². The van der Waals surface area contributed by atoms with E-state index in [2.05, 4.69) is 4.74 Å². The molecule has 0 aromatic heterocycles. The van der Waals surface area contributed by atoms with Gasteiger partial charge in [-0.05, 0) is 12.1 Å². The first-order valence-electron chi connectivity index (χ1n) is 4.50. The summed E-state index contributed by atoms with van der Waals surface area (Å²) in [6, 6.07) is 4.77. The molecule has 0 spiro atoms. The number of alkyl halides is 3. The molecule has 0 aliphatic rings. The SMILES string of the molecule is NNC(=O)C(=O)Nc1ccccc1OC(F)(F)F. The molecule has 1 rings (SSSR count). The van der Waals surface area contributed by atoms with Crippen LogP contribution in [0.3, 0.4) is 0 Å². The molecular formula is C9H8F3N3O3. The van der Waals surface area contributed by atoms with E-state index in [0.29, 0.717) is 0 Å². The van der Waals surface area contributed by atoms with Gasteiger partial charge < -0.3 is 10.1 Å². The molecule has 0 saturated carbocycles. The molecule has 0 fully saturated rings. The number of carbonyl (C=O) groups excluding carboxylic acids is 2. The maximum absolute atomic E-state index is 12.0. The van der Waals surface area contributed by atoms with Gasteiger partial charge in [0.25, 0.3) is 0 Å². The Kier molecular flexibility index (Phi) is 4.10. The highest BCUT2D eigenvalue weighted by atomic mass is 19.4. The van der Waals surface area contributed by atoms with E-state index < -0.39 is 23.9 Å². The second-order valence-corrected chi connectivity index (χ2v) is 2.97. The van der Waals surface area contributed by atoms with Crippen LogP contribution >= 0.6 is 0 Å². The molecule has 0 atom stereocenters. The fourth-order valence-electron chi connectivity index (χ4n) is 1.03. The van der Waals surface area contributed by atoms with Gasteiger partial charge in [-0.1, -0.05) is 12.1 Å². The topological polar surface area (TPSA) is 93.5 Å². The number of carbonyl (C=O) groups is 2. The van der Waals surface area contributed by atoms with Gasteiger partial charge in [0.15, 0.2) is 5.75 Å². The Balaban J connectivity index is 2.89. The molecule has 6 nitrogen and oxygen atoms in total. The molecular weight excluding hydrogens is 255 g/mol. The van der Waals surface area contributed by atoms with Gasteiger partial charge in [-0.3, -0.25) is 15.0 Å². The maximum Gasteiger partial charge on any atom is 0.573 e. The lowest BCUT2D eigenvalue weighted by molar-refractivity contribution is -0.274. The smallest absolute Gasteiger partial charge is 0.404 e. The Morgan fingerprint density at radius 2 is 1.78 bits per heavy atom. The van der Waals surface area contributed by atoms with E-state index >= 15 is 0 Å². The Labute approximate surface area is 98.9 Å². The number of nitrogens with two attached hydrogens (primary N) is 1. The van der Waals surface area contributed by atoms with Crippen LogP contribution in [0, 0.1) is 0 Å². The summed E-state index contributed by atoms with van der Waals surface area (Å²) in [7, 11) is 0. The van der Waals surface area contributed by atoms with E-state index in [1.165, 1.54) is 17.6 Å². The molecule has 18 heavy (non-hydrogen) atoms. The van der Waals surface area contributed by atoms with Gasteiger partial charge in [0.2, 0.25) is 0 Å². The first-order chi connectivity index (χ1) is 8.33. The normalized spacial score (nSPS) is 10.7. The molecule has 4 N–H and O–H groups in total. The average Bonchev–Trinajstić information content (AvgIpc) is 2.28. The summed E-state index contributed by atoms with van der Waals surface area (Å²) >= 11 is 0. The number of hydrogen-bond acceptors (Lipinski definition) is 4. The van der Waals surface area contributed by atoms with E-state index in [9.17, 15) is 22.8 Å². The molecule has 1 aromatic carbocycles. The van der Waals surface area contributed by atoms with E-state index in [1.807, 2.05) is 5.32 Å². The number of benzene rings is 1. The lowest BCUT2D eigenvalue weighted by Crippen LogP contribution is -2.39. The Bertz CT molecular complexity index is 462. The number of hydrazine groups is 1. The highest BCUT2D eigenvalue weighted by Gasteiger charge is 2.32. The molecule has 0 heterocycles. The van der Waals surface area contributed by atoms with Crippen LogP contribution in [0.1, 0.15) is 0 Å². The third kappa shape index (κ3) is 3.94. The van der Waals surface area contributed by atoms with Crippen molar-refractivity contribution in [2.45, 2.75) is 6.36 Å². The van der Waals surface area contributed by atoms with Gasteiger partial charge in [-0.25, -0.2) is 5.84 Å². The summed E-state index contributed by atoms with van der Waals surface area (Å²) in [6.07, 6.45) is -4.91. The molecule has 0 bridgehead atoms.